The molecular weight excluding hydrogens is 258 g/mol. The summed E-state index contributed by atoms with van der Waals surface area (Å²) in [6.07, 6.45) is 5.33. The minimum absolute atomic E-state index is 0.399. The molecule has 3 unspecified atom stereocenters. The van der Waals surface area contributed by atoms with Crippen molar-refractivity contribution in [2.45, 2.75) is 38.3 Å². The second-order valence-corrected chi connectivity index (χ2v) is 6.95. The van der Waals surface area contributed by atoms with Gasteiger partial charge in [0.05, 0.1) is 11.0 Å². The lowest BCUT2D eigenvalue weighted by Gasteiger charge is -2.45. The van der Waals surface area contributed by atoms with Crippen LogP contribution in [-0.4, -0.2) is 47.7 Å². The van der Waals surface area contributed by atoms with Crippen molar-refractivity contribution in [1.29, 1.82) is 0 Å². The molecule has 0 spiro atoms. The molecule has 0 saturated carbocycles. The smallest absolute Gasteiger partial charge is 0.185 e. The number of nitrogens with zero attached hydrogens (tertiary/aromatic N) is 3. The molecule has 4 nitrogen and oxygen atoms in total. The first-order valence-corrected chi connectivity index (χ1v) is 8.06. The van der Waals surface area contributed by atoms with Crippen LogP contribution in [0.15, 0.2) is 6.20 Å². The van der Waals surface area contributed by atoms with Crippen LogP contribution in [0.4, 0.5) is 5.13 Å². The zero-order valence-corrected chi connectivity index (χ0v) is 12.6. The molecule has 0 bridgehead atoms. The minimum Gasteiger partial charge on any atom is -0.388 e. The Kier molecular flexibility index (Phi) is 3.78. The van der Waals surface area contributed by atoms with Crippen molar-refractivity contribution in [2.75, 3.05) is 31.6 Å². The van der Waals surface area contributed by atoms with Gasteiger partial charge in [0.15, 0.2) is 5.13 Å². The van der Waals surface area contributed by atoms with Crippen LogP contribution in [-0.2, 0) is 0 Å². The molecule has 3 heterocycles. The largest absolute Gasteiger partial charge is 0.388 e. The summed E-state index contributed by atoms with van der Waals surface area (Å²) >= 11 is 1.64. The predicted octanol–water partition coefficient (Wildman–Crippen LogP) is 2.12. The number of anilines is 1. The van der Waals surface area contributed by atoms with Crippen molar-refractivity contribution >= 4 is 16.5 Å². The lowest BCUT2D eigenvalue weighted by atomic mass is 9.84. The Morgan fingerprint density at radius 3 is 3.00 bits per heavy atom. The summed E-state index contributed by atoms with van der Waals surface area (Å²) in [5, 5.41) is 10.7. The van der Waals surface area contributed by atoms with Gasteiger partial charge < -0.3 is 14.9 Å². The van der Waals surface area contributed by atoms with E-state index in [0.717, 1.165) is 35.1 Å². The standard InChI is InChI=1S/C14H23N3OS/c1-10(18)13-8-15-14(19-13)17-7-5-12-11(9-17)4-3-6-16(12)2/h8,10-12,18H,3-7,9H2,1-2H3. The van der Waals surface area contributed by atoms with Crippen LogP contribution in [0.3, 0.4) is 0 Å². The van der Waals surface area contributed by atoms with Crippen LogP contribution >= 0.6 is 11.3 Å². The zero-order valence-electron chi connectivity index (χ0n) is 11.7. The molecule has 0 amide bonds. The molecule has 2 aliphatic heterocycles. The van der Waals surface area contributed by atoms with E-state index in [2.05, 4.69) is 21.8 Å². The lowest BCUT2D eigenvalue weighted by Crippen LogP contribution is -2.52. The van der Waals surface area contributed by atoms with Gasteiger partial charge in [-0.3, -0.25) is 0 Å². The van der Waals surface area contributed by atoms with E-state index in [-0.39, 0.29) is 0 Å². The molecule has 2 aliphatic rings. The molecule has 0 aromatic carbocycles. The maximum absolute atomic E-state index is 9.60. The van der Waals surface area contributed by atoms with Crippen LogP contribution in [0.25, 0.3) is 0 Å². The Hall–Kier alpha value is -0.650. The van der Waals surface area contributed by atoms with E-state index in [9.17, 15) is 5.11 Å². The van der Waals surface area contributed by atoms with Gasteiger partial charge in [-0.05, 0) is 45.7 Å². The number of hydrogen-bond donors (Lipinski definition) is 1. The number of piperidine rings is 2. The van der Waals surface area contributed by atoms with E-state index < -0.39 is 6.10 Å². The van der Waals surface area contributed by atoms with Gasteiger partial charge in [0.2, 0.25) is 0 Å². The quantitative estimate of drug-likeness (QED) is 0.901. The number of hydrogen-bond acceptors (Lipinski definition) is 5. The molecule has 3 rings (SSSR count). The van der Waals surface area contributed by atoms with E-state index in [1.807, 2.05) is 6.20 Å². The van der Waals surface area contributed by atoms with E-state index in [4.69, 9.17) is 0 Å². The first kappa shape index (κ1) is 13.3. The monoisotopic (exact) mass is 281 g/mol. The second-order valence-electron chi connectivity index (χ2n) is 5.91. The molecule has 0 radical (unpaired) electrons. The summed E-state index contributed by atoms with van der Waals surface area (Å²) in [7, 11) is 2.27. The molecule has 2 fully saturated rings. The van der Waals surface area contributed by atoms with Crippen molar-refractivity contribution in [2.24, 2.45) is 5.92 Å². The van der Waals surface area contributed by atoms with Gasteiger partial charge in [0.25, 0.3) is 0 Å². The minimum atomic E-state index is -0.399. The zero-order chi connectivity index (χ0) is 13.4. The van der Waals surface area contributed by atoms with Crippen LogP contribution in [0.1, 0.15) is 37.2 Å². The molecule has 1 aromatic heterocycles. The van der Waals surface area contributed by atoms with Gasteiger partial charge in [-0.15, -0.1) is 0 Å². The Labute approximate surface area is 119 Å². The number of fused-ring (bicyclic) bond motifs is 1. The highest BCUT2D eigenvalue weighted by Gasteiger charge is 2.34. The normalized spacial score (nSPS) is 30.2. The molecule has 5 heteroatoms. The van der Waals surface area contributed by atoms with Gasteiger partial charge in [0, 0.05) is 25.3 Å². The third-order valence-electron chi connectivity index (χ3n) is 4.54. The molecule has 2 saturated heterocycles. The highest BCUT2D eigenvalue weighted by atomic mass is 32.1. The molecule has 1 aromatic rings. The van der Waals surface area contributed by atoms with Crippen molar-refractivity contribution in [3.63, 3.8) is 0 Å². The average molecular weight is 281 g/mol. The SMILES string of the molecule is CC(O)c1cnc(N2CCC3C(CCCN3C)C2)s1. The fraction of sp³-hybridized carbons (Fsp3) is 0.786. The number of aliphatic hydroxyl groups is 1. The van der Waals surface area contributed by atoms with Crippen molar-refractivity contribution in [3.05, 3.63) is 11.1 Å². The van der Waals surface area contributed by atoms with E-state index in [1.54, 1.807) is 18.3 Å². The van der Waals surface area contributed by atoms with E-state index in [0.29, 0.717) is 0 Å². The Morgan fingerprint density at radius 2 is 2.26 bits per heavy atom. The Morgan fingerprint density at radius 1 is 1.42 bits per heavy atom. The van der Waals surface area contributed by atoms with Crippen molar-refractivity contribution < 1.29 is 5.11 Å². The van der Waals surface area contributed by atoms with Gasteiger partial charge in [-0.1, -0.05) is 11.3 Å². The summed E-state index contributed by atoms with van der Waals surface area (Å²) in [5.41, 5.74) is 0. The number of thiazole rings is 1. The van der Waals surface area contributed by atoms with E-state index >= 15 is 0 Å². The first-order chi connectivity index (χ1) is 9.15. The number of aliphatic hydroxyl groups excluding tert-OH is 1. The van der Waals surface area contributed by atoms with Crippen molar-refractivity contribution in [1.82, 2.24) is 9.88 Å². The number of likely N-dealkylation sites (tertiary alicyclic amines) is 1. The molecule has 3 atom stereocenters. The third kappa shape index (κ3) is 2.64. The van der Waals surface area contributed by atoms with E-state index in [1.165, 1.54) is 25.8 Å². The Bertz CT molecular complexity index is 434. The third-order valence-corrected chi connectivity index (χ3v) is 5.77. The second kappa shape index (κ2) is 5.38. The molecule has 19 heavy (non-hydrogen) atoms. The summed E-state index contributed by atoms with van der Waals surface area (Å²) in [6.45, 7) is 5.28. The summed E-state index contributed by atoms with van der Waals surface area (Å²) in [4.78, 5) is 10.4. The Balaban J connectivity index is 1.70. The summed E-state index contributed by atoms with van der Waals surface area (Å²) < 4.78 is 0. The van der Waals surface area contributed by atoms with Gasteiger partial charge >= 0.3 is 0 Å². The highest BCUT2D eigenvalue weighted by molar-refractivity contribution is 7.15. The fourth-order valence-electron chi connectivity index (χ4n) is 3.44. The molecule has 106 valence electrons. The van der Waals surface area contributed by atoms with Crippen LogP contribution in [0.5, 0.6) is 0 Å². The molecule has 1 N–H and O–H groups in total. The maximum Gasteiger partial charge on any atom is 0.185 e. The summed E-state index contributed by atoms with van der Waals surface area (Å²) in [6, 6.07) is 0.765. The fourth-order valence-corrected chi connectivity index (χ4v) is 4.33. The van der Waals surface area contributed by atoms with Crippen LogP contribution in [0.2, 0.25) is 0 Å². The number of aromatic nitrogens is 1. The highest BCUT2D eigenvalue weighted by Crippen LogP contribution is 2.34. The lowest BCUT2D eigenvalue weighted by molar-refractivity contribution is 0.102. The van der Waals surface area contributed by atoms with Gasteiger partial charge in [0.1, 0.15) is 0 Å². The topological polar surface area (TPSA) is 39.6 Å². The predicted molar refractivity (Wildman–Crippen MR) is 78.7 cm³/mol. The summed E-state index contributed by atoms with van der Waals surface area (Å²) in [5.74, 6) is 0.784. The van der Waals surface area contributed by atoms with Gasteiger partial charge in [-0.2, -0.15) is 0 Å². The molecular formula is C14H23N3OS. The average Bonchev–Trinajstić information content (AvgIpc) is 2.88. The first-order valence-electron chi connectivity index (χ1n) is 7.24. The van der Waals surface area contributed by atoms with Gasteiger partial charge in [-0.25, -0.2) is 4.98 Å². The molecule has 0 aliphatic carbocycles. The number of rotatable bonds is 2. The maximum atomic E-state index is 9.60. The van der Waals surface area contributed by atoms with Crippen LogP contribution < -0.4 is 4.90 Å². The van der Waals surface area contributed by atoms with Crippen LogP contribution in [0, 0.1) is 5.92 Å². The van der Waals surface area contributed by atoms with Crippen molar-refractivity contribution in [3.8, 4) is 0 Å².